The molecule has 1 aliphatic rings. The van der Waals surface area contributed by atoms with Crippen LogP contribution in [0.15, 0.2) is 5.16 Å². The van der Waals surface area contributed by atoms with Gasteiger partial charge in [0.2, 0.25) is 5.91 Å². The van der Waals surface area contributed by atoms with Crippen molar-refractivity contribution < 1.29 is 10.0 Å². The van der Waals surface area contributed by atoms with Gasteiger partial charge in [0.25, 0.3) is 0 Å². The maximum absolute atomic E-state index is 11.8. The maximum atomic E-state index is 11.8. The number of nitrogens with zero attached hydrogens (tertiary/aromatic N) is 1. The highest BCUT2D eigenvalue weighted by Crippen LogP contribution is 2.26. The summed E-state index contributed by atoms with van der Waals surface area (Å²) in [6.07, 6.45) is 3.58. The molecule has 1 rings (SSSR count). The van der Waals surface area contributed by atoms with Gasteiger partial charge >= 0.3 is 0 Å². The molecule has 6 heteroatoms. The molecule has 1 fully saturated rings. The number of amidine groups is 1. The van der Waals surface area contributed by atoms with Crippen LogP contribution in [0.4, 0.5) is 0 Å². The summed E-state index contributed by atoms with van der Waals surface area (Å²) in [6.45, 7) is 1.99. The van der Waals surface area contributed by atoms with E-state index in [1.807, 2.05) is 6.92 Å². The van der Waals surface area contributed by atoms with Crippen molar-refractivity contribution >= 4 is 23.5 Å². The van der Waals surface area contributed by atoms with E-state index < -0.39 is 0 Å². The number of oxime groups is 1. The lowest BCUT2D eigenvalue weighted by Gasteiger charge is -2.18. The molecule has 0 aromatic carbocycles. The molecule has 92 valence electrons. The Labute approximate surface area is 99.8 Å². The van der Waals surface area contributed by atoms with Crippen LogP contribution in [0.3, 0.4) is 0 Å². The van der Waals surface area contributed by atoms with Crippen LogP contribution in [0, 0.1) is 0 Å². The van der Waals surface area contributed by atoms with E-state index in [4.69, 9.17) is 10.9 Å². The average Bonchev–Trinajstić information content (AvgIpc) is 2.80. The van der Waals surface area contributed by atoms with Crippen molar-refractivity contribution in [3.8, 4) is 0 Å². The maximum Gasteiger partial charge on any atom is 0.233 e. The minimum atomic E-state index is -0.344. The molecule has 0 aromatic heterocycles. The van der Waals surface area contributed by atoms with Crippen molar-refractivity contribution in [1.82, 2.24) is 5.32 Å². The fourth-order valence-corrected chi connectivity index (χ4v) is 2.87. The number of carbonyl (C=O) groups excluding carboxylic acids is 1. The van der Waals surface area contributed by atoms with Gasteiger partial charge in [0.1, 0.15) is 0 Å². The Hall–Kier alpha value is -0.910. The lowest BCUT2D eigenvalue weighted by molar-refractivity contribution is -0.120. The number of rotatable bonds is 5. The highest BCUT2D eigenvalue weighted by molar-refractivity contribution is 8.00. The van der Waals surface area contributed by atoms with Crippen LogP contribution in [0.2, 0.25) is 0 Å². The SMILES string of the molecule is CCCC(NC(=O)C1CCCS1)C(N)=NO. The smallest absolute Gasteiger partial charge is 0.233 e. The van der Waals surface area contributed by atoms with E-state index in [0.717, 1.165) is 25.0 Å². The Bertz CT molecular complexity index is 265. The number of amides is 1. The first-order valence-corrected chi connectivity index (χ1v) is 6.63. The molecular formula is C10H19N3O2S. The van der Waals surface area contributed by atoms with Crippen molar-refractivity contribution in [3.63, 3.8) is 0 Å². The van der Waals surface area contributed by atoms with E-state index in [2.05, 4.69) is 10.5 Å². The average molecular weight is 245 g/mol. The largest absolute Gasteiger partial charge is 0.409 e. The van der Waals surface area contributed by atoms with Gasteiger partial charge in [0, 0.05) is 0 Å². The quantitative estimate of drug-likeness (QED) is 0.291. The number of nitrogens with two attached hydrogens (primary N) is 1. The summed E-state index contributed by atoms with van der Waals surface area (Å²) in [5.74, 6) is 1.13. The molecule has 0 spiro atoms. The van der Waals surface area contributed by atoms with Gasteiger partial charge in [0.05, 0.1) is 11.3 Å². The predicted octanol–water partition coefficient (Wildman–Crippen LogP) is 0.913. The van der Waals surface area contributed by atoms with E-state index >= 15 is 0 Å². The van der Waals surface area contributed by atoms with Crippen LogP contribution in [0.25, 0.3) is 0 Å². The van der Waals surface area contributed by atoms with Crippen LogP contribution < -0.4 is 11.1 Å². The van der Waals surface area contributed by atoms with E-state index in [1.165, 1.54) is 0 Å². The monoisotopic (exact) mass is 245 g/mol. The second-order valence-corrected chi connectivity index (χ2v) is 5.19. The van der Waals surface area contributed by atoms with Crippen LogP contribution >= 0.6 is 11.8 Å². The summed E-state index contributed by atoms with van der Waals surface area (Å²) in [5.41, 5.74) is 5.53. The molecule has 5 nitrogen and oxygen atoms in total. The zero-order valence-corrected chi connectivity index (χ0v) is 10.3. The molecule has 16 heavy (non-hydrogen) atoms. The lowest BCUT2D eigenvalue weighted by Crippen LogP contribution is -2.47. The third kappa shape index (κ3) is 3.59. The standard InChI is InChI=1S/C10H19N3O2S/c1-2-4-7(9(11)13-15)12-10(14)8-5-3-6-16-8/h7-8,15H,2-6H2,1H3,(H2,11,13)(H,12,14). The van der Waals surface area contributed by atoms with Crippen molar-refractivity contribution in [2.75, 3.05) is 5.75 Å². The molecule has 4 N–H and O–H groups in total. The van der Waals surface area contributed by atoms with E-state index in [0.29, 0.717) is 6.42 Å². The first-order valence-electron chi connectivity index (χ1n) is 5.58. The van der Waals surface area contributed by atoms with Crippen molar-refractivity contribution in [3.05, 3.63) is 0 Å². The minimum absolute atomic E-state index is 0.00699. The second kappa shape index (κ2) is 6.62. The number of hydrogen-bond acceptors (Lipinski definition) is 4. The topological polar surface area (TPSA) is 87.7 Å². The Balaban J connectivity index is 2.50. The molecule has 0 aromatic rings. The van der Waals surface area contributed by atoms with Gasteiger partial charge in [-0.2, -0.15) is 0 Å². The third-order valence-corrected chi connectivity index (χ3v) is 3.96. The van der Waals surface area contributed by atoms with Crippen LogP contribution in [-0.4, -0.2) is 34.0 Å². The zero-order chi connectivity index (χ0) is 12.0. The highest BCUT2D eigenvalue weighted by atomic mass is 32.2. The summed E-state index contributed by atoms with van der Waals surface area (Å²) < 4.78 is 0. The lowest BCUT2D eigenvalue weighted by atomic mass is 10.1. The third-order valence-electron chi connectivity index (χ3n) is 2.59. The molecule has 0 aliphatic carbocycles. The number of thioether (sulfide) groups is 1. The van der Waals surface area contributed by atoms with Crippen molar-refractivity contribution in [2.45, 2.75) is 43.9 Å². The molecule has 1 amide bonds. The summed E-state index contributed by atoms with van der Waals surface area (Å²) >= 11 is 1.67. The summed E-state index contributed by atoms with van der Waals surface area (Å²) in [5, 5.41) is 14.4. The predicted molar refractivity (Wildman–Crippen MR) is 65.7 cm³/mol. The number of carbonyl (C=O) groups is 1. The zero-order valence-electron chi connectivity index (χ0n) is 9.48. The molecule has 0 radical (unpaired) electrons. The van der Waals surface area contributed by atoms with Gasteiger partial charge < -0.3 is 16.3 Å². The fourth-order valence-electron chi connectivity index (χ4n) is 1.70. The highest BCUT2D eigenvalue weighted by Gasteiger charge is 2.26. The molecular weight excluding hydrogens is 226 g/mol. The normalized spacial score (nSPS) is 23.1. The Morgan fingerprint density at radius 2 is 2.50 bits per heavy atom. The van der Waals surface area contributed by atoms with Gasteiger partial charge in [-0.25, -0.2) is 0 Å². The fraction of sp³-hybridized carbons (Fsp3) is 0.800. The van der Waals surface area contributed by atoms with E-state index in [9.17, 15) is 4.79 Å². The minimum Gasteiger partial charge on any atom is -0.409 e. The Morgan fingerprint density at radius 1 is 1.75 bits per heavy atom. The molecule has 0 bridgehead atoms. The van der Waals surface area contributed by atoms with Crippen molar-refractivity contribution in [2.24, 2.45) is 10.9 Å². The number of hydrogen-bond donors (Lipinski definition) is 3. The molecule has 2 unspecified atom stereocenters. The van der Waals surface area contributed by atoms with Crippen molar-refractivity contribution in [1.29, 1.82) is 0 Å². The van der Waals surface area contributed by atoms with Gasteiger partial charge in [-0.05, 0) is 25.0 Å². The van der Waals surface area contributed by atoms with E-state index in [1.54, 1.807) is 11.8 Å². The van der Waals surface area contributed by atoms with Crippen LogP contribution in [0.5, 0.6) is 0 Å². The van der Waals surface area contributed by atoms with Crippen LogP contribution in [0.1, 0.15) is 32.6 Å². The van der Waals surface area contributed by atoms with Gasteiger partial charge in [-0.3, -0.25) is 4.79 Å². The second-order valence-electron chi connectivity index (χ2n) is 3.88. The molecule has 1 saturated heterocycles. The molecule has 1 aliphatic heterocycles. The van der Waals surface area contributed by atoms with Gasteiger partial charge in [0.15, 0.2) is 5.84 Å². The Morgan fingerprint density at radius 3 is 3.00 bits per heavy atom. The molecule has 0 saturated carbocycles. The van der Waals surface area contributed by atoms with Crippen LogP contribution in [-0.2, 0) is 4.79 Å². The summed E-state index contributed by atoms with van der Waals surface area (Å²) in [6, 6.07) is -0.344. The Kier molecular flexibility index (Phi) is 5.45. The summed E-state index contributed by atoms with van der Waals surface area (Å²) in [4.78, 5) is 11.8. The molecule has 1 heterocycles. The van der Waals surface area contributed by atoms with Gasteiger partial charge in [-0.1, -0.05) is 18.5 Å². The molecule has 2 atom stereocenters. The van der Waals surface area contributed by atoms with Gasteiger partial charge in [-0.15, -0.1) is 11.8 Å². The van der Waals surface area contributed by atoms with E-state index in [-0.39, 0.29) is 23.0 Å². The first kappa shape index (κ1) is 13.2. The summed E-state index contributed by atoms with van der Waals surface area (Å²) in [7, 11) is 0. The number of nitrogens with one attached hydrogen (secondary N) is 1. The first-order chi connectivity index (χ1) is 7.69.